The van der Waals surface area contributed by atoms with Crippen molar-refractivity contribution < 1.29 is 30.7 Å². The summed E-state index contributed by atoms with van der Waals surface area (Å²) in [6.07, 6.45) is 0. The molecule has 0 aromatic carbocycles. The molecule has 4 heteroatoms. The van der Waals surface area contributed by atoms with Gasteiger partial charge in [-0.2, -0.15) is 0 Å². The molecule has 0 aliphatic rings. The van der Waals surface area contributed by atoms with Crippen LogP contribution in [0.5, 0.6) is 0 Å². The fourth-order valence-corrected chi connectivity index (χ4v) is 0. The summed E-state index contributed by atoms with van der Waals surface area (Å²) in [5.74, 6) is 0. The Morgan fingerprint density at radius 3 is 1.25 bits per heavy atom. The molecule has 0 spiro atoms. The molecule has 0 aromatic heterocycles. The third kappa shape index (κ3) is 8.91. The maximum absolute atomic E-state index is 0. The van der Waals surface area contributed by atoms with Gasteiger partial charge in [0.15, 0.2) is 0 Å². The molecule has 2 N–H and O–H groups in total. The van der Waals surface area contributed by atoms with E-state index in [1.165, 1.54) is 0 Å². The van der Waals surface area contributed by atoms with E-state index in [9.17, 15) is 0 Å². The zero-order chi connectivity index (χ0) is 0. The minimum absolute atomic E-state index is 0. The van der Waals surface area contributed by atoms with Gasteiger partial charge in [-0.15, -0.1) is 0 Å². The Labute approximate surface area is 100 Å². The second-order valence-corrected chi connectivity index (χ2v) is 0. The first-order chi connectivity index (χ1) is 0. The van der Waals surface area contributed by atoms with Gasteiger partial charge in [0.05, 0.1) is 0 Å². The first-order valence-corrected chi connectivity index (χ1v) is 0. The molecule has 0 fully saturated rings. The third-order valence-corrected chi connectivity index (χ3v) is 0. The molecule has 0 saturated carbocycles. The summed E-state index contributed by atoms with van der Waals surface area (Å²) < 4.78 is 0. The Morgan fingerprint density at radius 2 is 1.25 bits per heavy atom. The van der Waals surface area contributed by atoms with Crippen molar-refractivity contribution in [3.63, 3.8) is 0 Å². The zero-order valence-corrected chi connectivity index (χ0v) is 13.5. The van der Waals surface area contributed by atoms with Crippen LogP contribution in [-0.4, -0.2) is 77.2 Å². The summed E-state index contributed by atoms with van der Waals surface area (Å²) in [6.45, 7) is 0. The van der Waals surface area contributed by atoms with Gasteiger partial charge in [0.25, 0.3) is 0 Å². The smallest absolute Gasteiger partial charge is 1.00 e. The van der Waals surface area contributed by atoms with Crippen molar-refractivity contribution in [1.29, 1.82) is 0 Å². The second kappa shape index (κ2) is 16.6. The van der Waals surface area contributed by atoms with E-state index in [1.807, 2.05) is 0 Å². The van der Waals surface area contributed by atoms with Crippen molar-refractivity contribution in [3.8, 4) is 0 Å². The van der Waals surface area contributed by atoms with Gasteiger partial charge in [0.1, 0.15) is 0 Å². The first kappa shape index (κ1) is 27.7. The van der Waals surface area contributed by atoms with Crippen LogP contribution >= 0.6 is 0 Å². The second-order valence-electron chi connectivity index (χ2n) is 0. The summed E-state index contributed by atoms with van der Waals surface area (Å²) in [6, 6.07) is 0. The molecular formula is H7BiNbOSr. The van der Waals surface area contributed by atoms with Gasteiger partial charge in [0.2, 0.25) is 0 Å². The van der Waals surface area contributed by atoms with Crippen LogP contribution in [0.1, 0.15) is 2.85 Å². The van der Waals surface area contributed by atoms with E-state index < -0.39 is 0 Å². The molecule has 0 amide bonds. The van der Waals surface area contributed by atoms with Crippen molar-refractivity contribution in [2.24, 2.45) is 0 Å². The third-order valence-electron chi connectivity index (χ3n) is 0. The largest absolute Gasteiger partial charge is 2.00 e. The topological polar surface area (TPSA) is 31.5 Å². The molecule has 0 heterocycles. The monoisotopic (exact) mass is 413 g/mol. The van der Waals surface area contributed by atoms with Crippen molar-refractivity contribution in [2.45, 2.75) is 0 Å². The normalized spacial score (nSPS) is 0. The summed E-state index contributed by atoms with van der Waals surface area (Å²) in [4.78, 5) is 0. The molecule has 1 radical (unpaired) electrons. The molecule has 0 aliphatic heterocycles. The molecule has 0 rings (SSSR count). The van der Waals surface area contributed by atoms with E-state index in [-0.39, 0.29) is 102 Å². The standard InChI is InChI=1S/Bi.Nb.H2O.Sr.5H/h;;1H2;;;;;;/q;;;+2;;;;2*-1. The maximum Gasteiger partial charge on any atom is 2.00 e. The van der Waals surface area contributed by atoms with Crippen LogP contribution in [0.15, 0.2) is 0 Å². The Morgan fingerprint density at radius 1 is 1.25 bits per heavy atom. The van der Waals surface area contributed by atoms with Crippen molar-refractivity contribution in [1.82, 2.24) is 0 Å². The van der Waals surface area contributed by atoms with Gasteiger partial charge >= 0.3 is 71.7 Å². The van der Waals surface area contributed by atoms with E-state index in [0.29, 0.717) is 0 Å². The molecule has 25 valence electrons. The Hall–Kier alpha value is 3.06. The van der Waals surface area contributed by atoms with Gasteiger partial charge < -0.3 is 8.33 Å². The van der Waals surface area contributed by atoms with Gasteiger partial charge in [0, 0.05) is 22.4 Å². The minimum Gasteiger partial charge on any atom is -1.00 e. The quantitative estimate of drug-likeness (QED) is 0.406. The molecule has 0 aliphatic carbocycles. The Kier molecular flexibility index (Phi) is 115. The molecule has 0 unspecified atom stereocenters. The summed E-state index contributed by atoms with van der Waals surface area (Å²) in [7, 11) is 0. The molecular weight excluding hydrogens is 406 g/mol. The van der Waals surface area contributed by atoms with E-state index >= 15 is 0 Å². The number of rotatable bonds is 0. The maximum atomic E-state index is 0. The number of hydrogen-bond donors (Lipinski definition) is 0. The predicted octanol–water partition coefficient (Wildman–Crippen LogP) is -2.17. The van der Waals surface area contributed by atoms with E-state index in [1.54, 1.807) is 0 Å². The fourth-order valence-electron chi connectivity index (χ4n) is 0. The predicted molar refractivity (Wildman–Crippen MR) is 21.5 cm³/mol. The molecule has 1 nitrogen and oxygen atoms in total. The zero-order valence-electron chi connectivity index (χ0n) is 4.36. The average Bonchev–Trinajstić information content (AvgIpc) is 0. The molecule has 0 aromatic rings. The van der Waals surface area contributed by atoms with Crippen molar-refractivity contribution in [3.05, 3.63) is 0 Å². The van der Waals surface area contributed by atoms with Gasteiger partial charge in [-0.25, -0.2) is 0 Å². The van der Waals surface area contributed by atoms with Crippen LogP contribution in [-0.2, 0) is 22.4 Å². The fraction of sp³-hybridized carbons (Fsp3) is 0. The summed E-state index contributed by atoms with van der Waals surface area (Å²) in [5, 5.41) is 0. The van der Waals surface area contributed by atoms with Crippen LogP contribution in [0, 0.1) is 0 Å². The van der Waals surface area contributed by atoms with Crippen LogP contribution in [0.3, 0.4) is 0 Å². The van der Waals surface area contributed by atoms with Crippen LogP contribution in [0.4, 0.5) is 0 Å². The summed E-state index contributed by atoms with van der Waals surface area (Å²) >= 11 is 0. The molecule has 0 atom stereocenters. The molecule has 4 heavy (non-hydrogen) atoms. The Bertz CT molecular complexity index is 13.5. The molecule has 0 saturated heterocycles. The SMILES string of the molecule is O.[BiH3].[H-].[H-].[Nb].[Sr+2]. The van der Waals surface area contributed by atoms with Crippen LogP contribution in [0.2, 0.25) is 0 Å². The Balaban J connectivity index is 0. The van der Waals surface area contributed by atoms with Gasteiger partial charge in [-0.3, -0.25) is 0 Å². The van der Waals surface area contributed by atoms with Gasteiger partial charge in [-0.1, -0.05) is 0 Å². The first-order valence-electron chi connectivity index (χ1n) is 0. The van der Waals surface area contributed by atoms with Crippen molar-refractivity contribution >= 4 is 71.7 Å². The van der Waals surface area contributed by atoms with Crippen molar-refractivity contribution in [2.75, 3.05) is 0 Å². The van der Waals surface area contributed by atoms with Crippen LogP contribution in [0.25, 0.3) is 0 Å². The van der Waals surface area contributed by atoms with Crippen LogP contribution < -0.4 is 0 Å². The summed E-state index contributed by atoms with van der Waals surface area (Å²) in [5.41, 5.74) is 0. The average molecular weight is 413 g/mol. The number of hydrogen-bond acceptors (Lipinski definition) is 0. The minimum atomic E-state index is 0. The van der Waals surface area contributed by atoms with E-state index in [0.717, 1.165) is 0 Å². The molecule has 0 bridgehead atoms. The van der Waals surface area contributed by atoms with E-state index in [4.69, 9.17) is 0 Å². The van der Waals surface area contributed by atoms with Gasteiger partial charge in [-0.05, 0) is 0 Å². The van der Waals surface area contributed by atoms with E-state index in [2.05, 4.69) is 0 Å².